The summed E-state index contributed by atoms with van der Waals surface area (Å²) in [6, 6.07) is 17.0. The van der Waals surface area contributed by atoms with E-state index in [-0.39, 0.29) is 0 Å². The number of rotatable bonds is 4. The zero-order valence-corrected chi connectivity index (χ0v) is 18.1. The fourth-order valence-corrected chi connectivity index (χ4v) is 5.48. The lowest BCUT2D eigenvalue weighted by Gasteiger charge is -2.16. The topological polar surface area (TPSA) is 78.3 Å². The Morgan fingerprint density at radius 2 is 1.87 bits per heavy atom. The van der Waals surface area contributed by atoms with Crippen LogP contribution in [0.3, 0.4) is 0 Å². The number of anilines is 2. The first kappa shape index (κ1) is 19.5. The van der Waals surface area contributed by atoms with Crippen molar-refractivity contribution in [1.29, 1.82) is 0 Å². The second kappa shape index (κ2) is 8.02. The molecule has 150 valence electrons. The number of hydrogen-bond donors (Lipinski definition) is 3. The summed E-state index contributed by atoms with van der Waals surface area (Å²) in [6.07, 6.45) is 3.73. The second-order valence-electron chi connectivity index (χ2n) is 6.91. The third kappa shape index (κ3) is 3.71. The van der Waals surface area contributed by atoms with Gasteiger partial charge in [-0.2, -0.15) is 9.11 Å². The van der Waals surface area contributed by atoms with Crippen molar-refractivity contribution in [3.63, 3.8) is 0 Å². The Morgan fingerprint density at radius 3 is 2.70 bits per heavy atom. The number of aromatic nitrogens is 2. The van der Waals surface area contributed by atoms with Crippen molar-refractivity contribution in [2.24, 2.45) is 0 Å². The van der Waals surface area contributed by atoms with Gasteiger partial charge in [-0.1, -0.05) is 35.9 Å². The van der Waals surface area contributed by atoms with Crippen molar-refractivity contribution in [1.82, 2.24) is 9.97 Å². The Labute approximate surface area is 185 Å². The maximum absolute atomic E-state index is 9.41. The molecule has 0 fully saturated rings. The number of halogens is 1. The lowest BCUT2D eigenvalue weighted by atomic mass is 9.96. The van der Waals surface area contributed by atoms with Crippen LogP contribution < -0.4 is 5.32 Å². The van der Waals surface area contributed by atoms with Crippen molar-refractivity contribution in [3.05, 3.63) is 76.3 Å². The third-order valence-corrected chi connectivity index (χ3v) is 7.22. The van der Waals surface area contributed by atoms with E-state index in [2.05, 4.69) is 16.4 Å². The Morgan fingerprint density at radius 1 is 1.00 bits per heavy atom. The average molecular weight is 455 g/mol. The highest BCUT2D eigenvalue weighted by atomic mass is 35.5. The van der Waals surface area contributed by atoms with Gasteiger partial charge >= 0.3 is 11.5 Å². The molecule has 2 aromatic heterocycles. The van der Waals surface area contributed by atoms with Crippen LogP contribution in [0.25, 0.3) is 21.7 Å². The molecule has 0 bridgehead atoms. The van der Waals surface area contributed by atoms with Crippen molar-refractivity contribution >= 4 is 46.0 Å². The van der Waals surface area contributed by atoms with Crippen LogP contribution in [0.2, 0.25) is 5.02 Å². The molecule has 5 nitrogen and oxygen atoms in total. The van der Waals surface area contributed by atoms with Crippen molar-refractivity contribution in [2.75, 3.05) is 5.32 Å². The van der Waals surface area contributed by atoms with Gasteiger partial charge in [-0.15, -0.1) is 11.3 Å². The van der Waals surface area contributed by atoms with Crippen LogP contribution >= 0.6 is 22.9 Å². The molecule has 0 saturated carbocycles. The summed E-state index contributed by atoms with van der Waals surface area (Å²) in [5.41, 5.74) is 4.92. The first-order valence-corrected chi connectivity index (χ1v) is 11.7. The monoisotopic (exact) mass is 454 g/mol. The van der Waals surface area contributed by atoms with E-state index in [1.807, 2.05) is 36.5 Å². The SMILES string of the molecule is O[S+](O)c1cccc(Nc2ncc3c(n2)-c2cc(-c4ccccc4Cl)sc2CC3)c1. The fraction of sp³-hybridized carbons (Fsp3) is 0.0909. The van der Waals surface area contributed by atoms with E-state index < -0.39 is 11.5 Å². The van der Waals surface area contributed by atoms with E-state index in [1.54, 1.807) is 29.5 Å². The molecule has 2 heterocycles. The zero-order valence-electron chi connectivity index (χ0n) is 15.7. The number of aryl methyl sites for hydroxylation is 2. The molecule has 0 amide bonds. The molecule has 0 spiro atoms. The third-order valence-electron chi connectivity index (χ3n) is 4.99. The summed E-state index contributed by atoms with van der Waals surface area (Å²) in [7, 11) is 0. The van der Waals surface area contributed by atoms with E-state index in [1.165, 1.54) is 4.88 Å². The summed E-state index contributed by atoms with van der Waals surface area (Å²) in [6.45, 7) is 0. The van der Waals surface area contributed by atoms with Gasteiger partial charge in [0.2, 0.25) is 10.8 Å². The van der Waals surface area contributed by atoms with Crippen LogP contribution in [0.15, 0.2) is 65.7 Å². The smallest absolute Gasteiger partial charge is 0.324 e. The molecule has 1 aliphatic carbocycles. The van der Waals surface area contributed by atoms with Crippen LogP contribution in [0, 0.1) is 0 Å². The first-order chi connectivity index (χ1) is 14.6. The summed E-state index contributed by atoms with van der Waals surface area (Å²) in [4.78, 5) is 12.1. The summed E-state index contributed by atoms with van der Waals surface area (Å²) >= 11 is 6.38. The van der Waals surface area contributed by atoms with E-state index in [4.69, 9.17) is 16.6 Å². The maximum atomic E-state index is 9.41. The van der Waals surface area contributed by atoms with Crippen molar-refractivity contribution in [3.8, 4) is 21.7 Å². The predicted octanol–water partition coefficient (Wildman–Crippen LogP) is 6.29. The normalized spacial score (nSPS) is 12.5. The number of thiophene rings is 1. The van der Waals surface area contributed by atoms with Crippen LogP contribution in [0.4, 0.5) is 11.6 Å². The Hall–Kier alpha value is -2.42. The van der Waals surface area contributed by atoms with E-state index in [0.29, 0.717) is 16.5 Å². The van der Waals surface area contributed by atoms with Gasteiger partial charge in [0.1, 0.15) is 0 Å². The molecule has 0 radical (unpaired) electrons. The number of nitrogens with zero attached hydrogens (tertiary/aromatic N) is 2. The number of hydrogen-bond acceptors (Lipinski definition) is 6. The Balaban J connectivity index is 1.51. The molecule has 0 saturated heterocycles. The van der Waals surface area contributed by atoms with E-state index >= 15 is 0 Å². The minimum absolute atomic E-state index is 0.433. The van der Waals surface area contributed by atoms with Crippen molar-refractivity contribution < 1.29 is 9.11 Å². The standard InChI is InChI=1S/C22H17ClN3O2S2/c23-18-7-2-1-6-16(18)20-11-17-19(29-20)9-8-13-12-24-22(26-21(13)17)25-14-4-3-5-15(10-14)30(27)28/h1-7,10-12,27-28H,8-9H2,(H,24,25,26)/q+1. The molecule has 30 heavy (non-hydrogen) atoms. The average Bonchev–Trinajstić information content (AvgIpc) is 3.19. The molecule has 1 aliphatic rings. The molecule has 0 aliphatic heterocycles. The van der Waals surface area contributed by atoms with Crippen LogP contribution in [0.5, 0.6) is 0 Å². The number of fused-ring (bicyclic) bond motifs is 3. The molecule has 3 N–H and O–H groups in total. The quantitative estimate of drug-likeness (QED) is 0.316. The molecule has 8 heteroatoms. The molecule has 0 atom stereocenters. The van der Waals surface area contributed by atoms with Gasteiger partial charge in [-0.3, -0.25) is 0 Å². The molecular formula is C22H17ClN3O2S2+. The lowest BCUT2D eigenvalue weighted by molar-refractivity contribution is 0.505. The summed E-state index contributed by atoms with van der Waals surface area (Å²) in [5.74, 6) is 0.472. The van der Waals surface area contributed by atoms with Crippen LogP contribution in [-0.2, 0) is 24.3 Å². The fourth-order valence-electron chi connectivity index (χ4n) is 3.56. The second-order valence-corrected chi connectivity index (χ2v) is 9.46. The van der Waals surface area contributed by atoms with Crippen molar-refractivity contribution in [2.45, 2.75) is 17.7 Å². The van der Waals surface area contributed by atoms with Gasteiger partial charge in [-0.05, 0) is 36.6 Å². The predicted molar refractivity (Wildman–Crippen MR) is 124 cm³/mol. The van der Waals surface area contributed by atoms with Gasteiger partial charge in [0, 0.05) is 49.9 Å². The zero-order chi connectivity index (χ0) is 20.7. The van der Waals surface area contributed by atoms with Gasteiger partial charge < -0.3 is 5.32 Å². The Bertz CT molecular complexity index is 1240. The largest absolute Gasteiger partial charge is 0.351 e. The van der Waals surface area contributed by atoms with E-state index in [9.17, 15) is 9.11 Å². The number of benzene rings is 2. The van der Waals surface area contributed by atoms with Gasteiger partial charge in [0.25, 0.3) is 0 Å². The highest BCUT2D eigenvalue weighted by molar-refractivity contribution is 7.86. The first-order valence-electron chi connectivity index (χ1n) is 9.32. The molecule has 4 aromatic rings. The van der Waals surface area contributed by atoms with Crippen LogP contribution in [-0.4, -0.2) is 19.1 Å². The molecule has 5 rings (SSSR count). The maximum Gasteiger partial charge on any atom is 0.351 e. The molecule has 0 unspecified atom stereocenters. The van der Waals surface area contributed by atoms with E-state index in [0.717, 1.165) is 45.1 Å². The minimum atomic E-state index is -1.79. The van der Waals surface area contributed by atoms with Gasteiger partial charge in [0.05, 0.1) is 5.69 Å². The van der Waals surface area contributed by atoms with Crippen LogP contribution in [0.1, 0.15) is 10.4 Å². The summed E-state index contributed by atoms with van der Waals surface area (Å²) in [5, 5.41) is 3.91. The Kier molecular flexibility index (Phi) is 5.22. The van der Waals surface area contributed by atoms with Gasteiger partial charge in [0.15, 0.2) is 0 Å². The number of nitrogens with one attached hydrogen (secondary N) is 1. The highest BCUT2D eigenvalue weighted by Crippen LogP contribution is 2.43. The highest BCUT2D eigenvalue weighted by Gasteiger charge is 2.23. The summed E-state index contributed by atoms with van der Waals surface area (Å²) < 4.78 is 18.8. The molecule has 2 aromatic carbocycles. The minimum Gasteiger partial charge on any atom is -0.324 e. The van der Waals surface area contributed by atoms with Gasteiger partial charge in [-0.25, -0.2) is 9.97 Å². The lowest BCUT2D eigenvalue weighted by Crippen LogP contribution is -2.07. The molecular weight excluding hydrogens is 438 g/mol.